The van der Waals surface area contributed by atoms with Crippen LogP contribution in [0.3, 0.4) is 0 Å². The zero-order valence-corrected chi connectivity index (χ0v) is 17.8. The summed E-state index contributed by atoms with van der Waals surface area (Å²) in [4.78, 5) is 14.6. The topological polar surface area (TPSA) is 85.4 Å². The van der Waals surface area contributed by atoms with Crippen LogP contribution in [0.25, 0.3) is 6.08 Å². The van der Waals surface area contributed by atoms with Crippen molar-refractivity contribution >= 4 is 22.0 Å². The number of carbonyl (C=O) groups is 1. The van der Waals surface area contributed by atoms with Crippen molar-refractivity contribution in [3.63, 3.8) is 0 Å². The van der Waals surface area contributed by atoms with E-state index in [0.29, 0.717) is 58.5 Å². The molecule has 9 heteroatoms. The minimum Gasteiger partial charge on any atom is -0.379 e. The fourth-order valence-corrected chi connectivity index (χ4v) is 5.41. The number of sulfonamides is 1. The molecular weight excluding hydrogens is 408 g/mol. The number of benzene rings is 1. The number of nitrogens with zero attached hydrogens (tertiary/aromatic N) is 2. The average molecular weight is 437 g/mol. The highest BCUT2D eigenvalue weighted by Gasteiger charge is 2.31. The van der Waals surface area contributed by atoms with Crippen LogP contribution in [0.4, 0.5) is 0 Å². The van der Waals surface area contributed by atoms with Gasteiger partial charge in [0.1, 0.15) is 0 Å². The Balaban J connectivity index is 1.31. The first-order chi connectivity index (χ1) is 14.5. The fraction of sp³-hybridized carbons (Fsp3) is 0.571. The molecule has 0 bridgehead atoms. The highest BCUT2D eigenvalue weighted by molar-refractivity contribution is 7.89. The quantitative estimate of drug-likeness (QED) is 0.648. The summed E-state index contributed by atoms with van der Waals surface area (Å²) in [5.41, 5.74) is 0.784. The van der Waals surface area contributed by atoms with Crippen molar-refractivity contribution in [1.82, 2.24) is 9.21 Å². The van der Waals surface area contributed by atoms with Gasteiger partial charge in [-0.3, -0.25) is 4.79 Å². The SMILES string of the molecule is O=C(/C=C/c1ccc(S(=O)(=O)N2CCOCC2)cc1)N1CCC(C2OCCO2)CC1. The molecule has 0 radical (unpaired) electrons. The molecule has 1 aromatic rings. The molecule has 3 saturated heterocycles. The highest BCUT2D eigenvalue weighted by atomic mass is 32.2. The Morgan fingerprint density at radius 2 is 1.57 bits per heavy atom. The molecule has 3 aliphatic rings. The van der Waals surface area contributed by atoms with E-state index in [1.54, 1.807) is 36.4 Å². The third kappa shape index (κ3) is 4.92. The first kappa shape index (κ1) is 21.5. The summed E-state index contributed by atoms with van der Waals surface area (Å²) in [5, 5.41) is 0. The van der Waals surface area contributed by atoms with Gasteiger partial charge in [0.2, 0.25) is 15.9 Å². The van der Waals surface area contributed by atoms with Crippen molar-refractivity contribution < 1.29 is 27.4 Å². The van der Waals surface area contributed by atoms with Gasteiger partial charge in [-0.05, 0) is 36.6 Å². The standard InChI is InChI=1S/C21H28N2O6S/c24-20(22-9-7-18(8-10-22)21-28-15-16-29-21)6-3-17-1-4-19(5-2-17)30(25,26)23-11-13-27-14-12-23/h1-6,18,21H,7-16H2/b6-3+. The van der Waals surface area contributed by atoms with Crippen molar-refractivity contribution in [3.05, 3.63) is 35.9 Å². The molecule has 0 aliphatic carbocycles. The van der Waals surface area contributed by atoms with Gasteiger partial charge in [-0.15, -0.1) is 0 Å². The first-order valence-electron chi connectivity index (χ1n) is 10.4. The van der Waals surface area contributed by atoms with E-state index in [-0.39, 0.29) is 17.1 Å². The molecule has 4 rings (SSSR count). The van der Waals surface area contributed by atoms with Crippen molar-refractivity contribution in [2.24, 2.45) is 5.92 Å². The van der Waals surface area contributed by atoms with Crippen LogP contribution in [0.15, 0.2) is 35.2 Å². The van der Waals surface area contributed by atoms with Gasteiger partial charge < -0.3 is 19.1 Å². The van der Waals surface area contributed by atoms with Gasteiger partial charge in [0.05, 0.1) is 31.3 Å². The van der Waals surface area contributed by atoms with E-state index >= 15 is 0 Å². The summed E-state index contributed by atoms with van der Waals surface area (Å²) < 4.78 is 43.1. The predicted molar refractivity (Wildman–Crippen MR) is 110 cm³/mol. The second-order valence-corrected chi connectivity index (χ2v) is 9.63. The van der Waals surface area contributed by atoms with Gasteiger partial charge in [0.25, 0.3) is 0 Å². The van der Waals surface area contributed by atoms with E-state index in [9.17, 15) is 13.2 Å². The Labute approximate surface area is 177 Å². The summed E-state index contributed by atoms with van der Waals surface area (Å²) in [6.45, 7) is 4.25. The number of ether oxygens (including phenoxy) is 3. The van der Waals surface area contributed by atoms with Gasteiger partial charge in [-0.2, -0.15) is 4.31 Å². The van der Waals surface area contributed by atoms with Crippen molar-refractivity contribution in [2.45, 2.75) is 24.0 Å². The minimum atomic E-state index is -3.51. The number of hydrogen-bond donors (Lipinski definition) is 0. The number of amides is 1. The van der Waals surface area contributed by atoms with E-state index in [1.807, 2.05) is 4.90 Å². The summed E-state index contributed by atoms with van der Waals surface area (Å²) in [5.74, 6) is 0.313. The van der Waals surface area contributed by atoms with Crippen LogP contribution < -0.4 is 0 Å². The van der Waals surface area contributed by atoms with Crippen molar-refractivity contribution in [1.29, 1.82) is 0 Å². The third-order valence-corrected chi connectivity index (χ3v) is 7.70. The number of carbonyl (C=O) groups excluding carboxylic acids is 1. The molecule has 3 fully saturated rings. The first-order valence-corrected chi connectivity index (χ1v) is 11.9. The van der Waals surface area contributed by atoms with E-state index in [2.05, 4.69) is 0 Å². The largest absolute Gasteiger partial charge is 0.379 e. The van der Waals surface area contributed by atoms with Crippen LogP contribution in [-0.4, -0.2) is 82.4 Å². The van der Waals surface area contributed by atoms with E-state index in [4.69, 9.17) is 14.2 Å². The van der Waals surface area contributed by atoms with Crippen LogP contribution in [0.2, 0.25) is 0 Å². The van der Waals surface area contributed by atoms with Gasteiger partial charge >= 0.3 is 0 Å². The summed E-state index contributed by atoms with van der Waals surface area (Å²) in [6.07, 6.45) is 4.90. The molecule has 0 N–H and O–H groups in total. The Kier molecular flexibility index (Phi) is 6.84. The lowest BCUT2D eigenvalue weighted by atomic mass is 9.96. The Morgan fingerprint density at radius 1 is 0.933 bits per heavy atom. The minimum absolute atomic E-state index is 0.0354. The molecule has 0 unspecified atom stereocenters. The molecule has 30 heavy (non-hydrogen) atoms. The zero-order valence-electron chi connectivity index (χ0n) is 16.9. The molecule has 0 aromatic heterocycles. The van der Waals surface area contributed by atoms with Crippen LogP contribution >= 0.6 is 0 Å². The summed E-state index contributed by atoms with van der Waals surface area (Å²) in [6, 6.07) is 6.61. The average Bonchev–Trinajstić information content (AvgIpc) is 3.33. The van der Waals surface area contributed by atoms with E-state index in [1.165, 1.54) is 4.31 Å². The Hall–Kier alpha value is -1.78. The van der Waals surface area contributed by atoms with Gasteiger partial charge in [-0.1, -0.05) is 12.1 Å². The highest BCUT2D eigenvalue weighted by Crippen LogP contribution is 2.26. The molecule has 0 saturated carbocycles. The molecule has 3 aliphatic heterocycles. The maximum Gasteiger partial charge on any atom is 0.246 e. The molecular formula is C21H28N2O6S. The van der Waals surface area contributed by atoms with Crippen LogP contribution in [0, 0.1) is 5.92 Å². The monoisotopic (exact) mass is 436 g/mol. The smallest absolute Gasteiger partial charge is 0.246 e. The number of likely N-dealkylation sites (tertiary alicyclic amines) is 1. The molecule has 3 heterocycles. The van der Waals surface area contributed by atoms with Crippen LogP contribution in [0.5, 0.6) is 0 Å². The number of rotatable bonds is 5. The second-order valence-electron chi connectivity index (χ2n) is 7.69. The van der Waals surface area contributed by atoms with Crippen molar-refractivity contribution in [2.75, 3.05) is 52.6 Å². The fourth-order valence-electron chi connectivity index (χ4n) is 4.00. The number of morpholine rings is 1. The van der Waals surface area contributed by atoms with Crippen molar-refractivity contribution in [3.8, 4) is 0 Å². The number of piperidine rings is 1. The normalized spacial score (nSPS) is 22.7. The summed E-state index contributed by atoms with van der Waals surface area (Å²) >= 11 is 0. The molecule has 0 spiro atoms. The lowest BCUT2D eigenvalue weighted by Crippen LogP contribution is -2.40. The molecule has 0 atom stereocenters. The van der Waals surface area contributed by atoms with Gasteiger partial charge in [0, 0.05) is 38.2 Å². The maximum atomic E-state index is 12.7. The van der Waals surface area contributed by atoms with Gasteiger partial charge in [0.15, 0.2) is 6.29 Å². The predicted octanol–water partition coefficient (Wildman–Crippen LogP) is 1.33. The zero-order chi connectivity index (χ0) is 21.0. The Bertz CT molecular complexity index is 850. The lowest BCUT2D eigenvalue weighted by molar-refractivity contribution is -0.131. The van der Waals surface area contributed by atoms with Gasteiger partial charge in [-0.25, -0.2) is 8.42 Å². The Morgan fingerprint density at radius 3 is 2.20 bits per heavy atom. The molecule has 1 amide bonds. The number of hydrogen-bond acceptors (Lipinski definition) is 6. The molecule has 164 valence electrons. The molecule has 1 aromatic carbocycles. The van der Waals surface area contributed by atoms with Crippen LogP contribution in [-0.2, 0) is 29.0 Å². The third-order valence-electron chi connectivity index (χ3n) is 5.79. The van der Waals surface area contributed by atoms with Crippen LogP contribution in [0.1, 0.15) is 18.4 Å². The second kappa shape index (κ2) is 9.57. The van der Waals surface area contributed by atoms with E-state index in [0.717, 1.165) is 18.4 Å². The lowest BCUT2D eigenvalue weighted by Gasteiger charge is -2.33. The van der Waals surface area contributed by atoms with E-state index < -0.39 is 10.0 Å². The summed E-state index contributed by atoms with van der Waals surface area (Å²) in [7, 11) is -3.51. The molecule has 8 nitrogen and oxygen atoms in total. The maximum absolute atomic E-state index is 12.7.